The lowest BCUT2D eigenvalue weighted by atomic mass is 9.95. The van der Waals surface area contributed by atoms with Gasteiger partial charge in [-0.15, -0.1) is 0 Å². The Balaban J connectivity index is 1.69. The number of carbonyl (C=O) groups is 1. The van der Waals surface area contributed by atoms with Crippen LogP contribution in [0.15, 0.2) is 47.4 Å². The molecule has 0 spiro atoms. The third kappa shape index (κ3) is 4.89. The number of hydrogen-bond acceptors (Lipinski definition) is 7. The number of carbonyl (C=O) groups excluding carboxylic acids is 1. The van der Waals surface area contributed by atoms with E-state index in [1.807, 2.05) is 0 Å². The lowest BCUT2D eigenvalue weighted by Gasteiger charge is -2.19. The molecule has 0 bridgehead atoms. The predicted molar refractivity (Wildman–Crippen MR) is 120 cm³/mol. The Kier molecular flexibility index (Phi) is 6.55. The van der Waals surface area contributed by atoms with E-state index < -0.39 is 31.4 Å². The van der Waals surface area contributed by atoms with Crippen molar-refractivity contribution in [2.45, 2.75) is 25.7 Å². The standard InChI is InChI=1S/C21H26N2O7S2/c1-15-13-16(23-20(24)21(2,3)14-31(23,25)26)5-10-19(15)32(27,28)22-11-12-30-18-8-6-17(29-4)7-9-18/h5-10,13,22H,11-12,14H2,1-4H3. The van der Waals surface area contributed by atoms with Crippen LogP contribution in [0.5, 0.6) is 11.5 Å². The van der Waals surface area contributed by atoms with Gasteiger partial charge in [0.15, 0.2) is 0 Å². The van der Waals surface area contributed by atoms with Crippen molar-refractivity contribution in [1.82, 2.24) is 4.72 Å². The van der Waals surface area contributed by atoms with E-state index in [2.05, 4.69) is 4.72 Å². The molecule has 1 saturated heterocycles. The number of nitrogens with zero attached hydrogens (tertiary/aromatic N) is 1. The summed E-state index contributed by atoms with van der Waals surface area (Å²) in [7, 11) is -6.12. The van der Waals surface area contributed by atoms with Crippen molar-refractivity contribution in [1.29, 1.82) is 0 Å². The number of aryl methyl sites for hydroxylation is 1. The Bertz CT molecular complexity index is 1220. The average molecular weight is 483 g/mol. The molecule has 1 fully saturated rings. The maximum Gasteiger partial charge on any atom is 0.247 e. The number of nitrogens with one attached hydrogen (secondary N) is 1. The minimum atomic E-state index is -3.86. The molecule has 0 aromatic heterocycles. The third-order valence-corrected chi connectivity index (χ3v) is 8.63. The molecule has 0 aliphatic carbocycles. The van der Waals surface area contributed by atoms with Gasteiger partial charge in [0.05, 0.1) is 28.9 Å². The third-order valence-electron chi connectivity index (χ3n) is 4.99. The molecule has 2 aromatic carbocycles. The van der Waals surface area contributed by atoms with E-state index in [0.717, 1.165) is 4.31 Å². The smallest absolute Gasteiger partial charge is 0.247 e. The number of benzene rings is 2. The Labute approximate surface area is 188 Å². The van der Waals surface area contributed by atoms with Crippen LogP contribution in [-0.2, 0) is 24.8 Å². The van der Waals surface area contributed by atoms with E-state index >= 15 is 0 Å². The highest BCUT2D eigenvalue weighted by molar-refractivity contribution is 7.94. The molecule has 3 rings (SSSR count). The number of amides is 1. The van der Waals surface area contributed by atoms with Gasteiger partial charge in [0, 0.05) is 6.54 Å². The molecule has 1 amide bonds. The van der Waals surface area contributed by atoms with E-state index in [1.54, 1.807) is 52.1 Å². The maximum absolute atomic E-state index is 12.7. The summed E-state index contributed by atoms with van der Waals surface area (Å²) in [6, 6.07) is 10.9. The lowest BCUT2D eigenvalue weighted by molar-refractivity contribution is -0.123. The van der Waals surface area contributed by atoms with Crippen molar-refractivity contribution >= 4 is 31.6 Å². The summed E-state index contributed by atoms with van der Waals surface area (Å²) in [5.74, 6) is 0.420. The van der Waals surface area contributed by atoms with Crippen LogP contribution < -0.4 is 18.5 Å². The van der Waals surface area contributed by atoms with Gasteiger partial charge in [-0.2, -0.15) is 0 Å². The maximum atomic E-state index is 12.7. The highest BCUT2D eigenvalue weighted by atomic mass is 32.2. The van der Waals surface area contributed by atoms with Gasteiger partial charge in [0.25, 0.3) is 0 Å². The molecule has 0 unspecified atom stereocenters. The van der Waals surface area contributed by atoms with Crippen LogP contribution in [-0.4, -0.2) is 48.8 Å². The van der Waals surface area contributed by atoms with Crippen molar-refractivity contribution in [2.75, 3.05) is 30.3 Å². The second-order valence-electron chi connectivity index (χ2n) is 8.08. The van der Waals surface area contributed by atoms with Gasteiger partial charge in [-0.3, -0.25) is 4.79 Å². The minimum absolute atomic E-state index is 0.00555. The molecule has 32 heavy (non-hydrogen) atoms. The number of rotatable bonds is 8. The quantitative estimate of drug-likeness (QED) is 0.572. The summed E-state index contributed by atoms with van der Waals surface area (Å²) in [5, 5.41) is 0. The van der Waals surface area contributed by atoms with Gasteiger partial charge >= 0.3 is 0 Å². The fourth-order valence-electron chi connectivity index (χ4n) is 3.42. The topological polar surface area (TPSA) is 119 Å². The van der Waals surface area contributed by atoms with E-state index in [9.17, 15) is 21.6 Å². The van der Waals surface area contributed by atoms with Crippen LogP contribution in [0.3, 0.4) is 0 Å². The van der Waals surface area contributed by atoms with Crippen molar-refractivity contribution in [2.24, 2.45) is 5.41 Å². The van der Waals surface area contributed by atoms with Gasteiger partial charge in [-0.1, -0.05) is 0 Å². The van der Waals surface area contributed by atoms with Crippen LogP contribution in [0, 0.1) is 12.3 Å². The van der Waals surface area contributed by atoms with Crippen LogP contribution in [0.4, 0.5) is 5.69 Å². The summed E-state index contributed by atoms with van der Waals surface area (Å²) in [5.41, 5.74) is -0.596. The summed E-state index contributed by atoms with van der Waals surface area (Å²) in [6.07, 6.45) is 0. The Morgan fingerprint density at radius 1 is 1.09 bits per heavy atom. The number of methoxy groups -OCH3 is 1. The highest BCUT2D eigenvalue weighted by Gasteiger charge is 2.50. The van der Waals surface area contributed by atoms with Crippen molar-refractivity contribution in [3.63, 3.8) is 0 Å². The van der Waals surface area contributed by atoms with Crippen molar-refractivity contribution in [3.05, 3.63) is 48.0 Å². The van der Waals surface area contributed by atoms with Crippen LogP contribution in [0.1, 0.15) is 19.4 Å². The average Bonchev–Trinajstić information content (AvgIpc) is 2.87. The SMILES string of the molecule is COc1ccc(OCCNS(=O)(=O)c2ccc(N3C(=O)C(C)(C)CS3(=O)=O)cc2C)cc1. The van der Waals surface area contributed by atoms with Crippen molar-refractivity contribution in [3.8, 4) is 11.5 Å². The minimum Gasteiger partial charge on any atom is -0.497 e. The molecule has 1 aliphatic heterocycles. The molecular formula is C21H26N2O7S2. The highest BCUT2D eigenvalue weighted by Crippen LogP contribution is 2.36. The molecule has 1 N–H and O–H groups in total. The molecule has 1 aliphatic rings. The zero-order valence-electron chi connectivity index (χ0n) is 18.3. The summed E-state index contributed by atoms with van der Waals surface area (Å²) in [6.45, 7) is 4.82. The molecule has 11 heteroatoms. The van der Waals surface area contributed by atoms with E-state index in [1.165, 1.54) is 18.2 Å². The second-order valence-corrected chi connectivity index (χ2v) is 11.6. The molecular weight excluding hydrogens is 456 g/mol. The first-order valence-electron chi connectivity index (χ1n) is 9.82. The van der Waals surface area contributed by atoms with Gasteiger partial charge < -0.3 is 9.47 Å². The number of sulfonamides is 2. The van der Waals surface area contributed by atoms with E-state index in [4.69, 9.17) is 9.47 Å². The fraction of sp³-hybridized carbons (Fsp3) is 0.381. The molecule has 0 atom stereocenters. The first-order valence-corrected chi connectivity index (χ1v) is 12.9. The van der Waals surface area contributed by atoms with E-state index in [0.29, 0.717) is 17.1 Å². The Morgan fingerprint density at radius 2 is 1.72 bits per heavy atom. The zero-order chi connectivity index (χ0) is 23.7. The molecule has 174 valence electrons. The number of hydrogen-bond donors (Lipinski definition) is 1. The second kappa shape index (κ2) is 8.72. The first kappa shape index (κ1) is 24.0. The molecule has 1 heterocycles. The van der Waals surface area contributed by atoms with Gasteiger partial charge in [0.2, 0.25) is 26.0 Å². The van der Waals surface area contributed by atoms with Crippen LogP contribution >= 0.6 is 0 Å². The predicted octanol–water partition coefficient (Wildman–Crippen LogP) is 2.06. The Morgan fingerprint density at radius 3 is 2.25 bits per heavy atom. The summed E-state index contributed by atoms with van der Waals surface area (Å²) in [4.78, 5) is 12.6. The first-order chi connectivity index (χ1) is 14.9. The number of ether oxygens (including phenoxy) is 2. The molecule has 2 aromatic rings. The zero-order valence-corrected chi connectivity index (χ0v) is 19.9. The van der Waals surface area contributed by atoms with Crippen molar-refractivity contribution < 1.29 is 31.1 Å². The molecule has 0 radical (unpaired) electrons. The fourth-order valence-corrected chi connectivity index (χ4v) is 6.75. The normalized spacial score (nSPS) is 17.4. The summed E-state index contributed by atoms with van der Waals surface area (Å²) < 4.78 is 64.1. The van der Waals surface area contributed by atoms with Crippen LogP contribution in [0.2, 0.25) is 0 Å². The van der Waals surface area contributed by atoms with Crippen LogP contribution in [0.25, 0.3) is 0 Å². The largest absolute Gasteiger partial charge is 0.497 e. The number of anilines is 1. The Hall–Kier alpha value is -2.63. The van der Waals surface area contributed by atoms with Gasteiger partial charge in [-0.05, 0) is 68.8 Å². The van der Waals surface area contributed by atoms with E-state index in [-0.39, 0.29) is 29.5 Å². The monoisotopic (exact) mass is 482 g/mol. The van der Waals surface area contributed by atoms with Gasteiger partial charge in [0.1, 0.15) is 18.1 Å². The summed E-state index contributed by atoms with van der Waals surface area (Å²) >= 11 is 0. The lowest BCUT2D eigenvalue weighted by Crippen LogP contribution is -2.33. The molecule has 0 saturated carbocycles. The van der Waals surface area contributed by atoms with Gasteiger partial charge in [-0.25, -0.2) is 25.9 Å². The molecule has 9 nitrogen and oxygen atoms in total.